The highest BCUT2D eigenvalue weighted by atomic mass is 16.3. The second-order valence-corrected chi connectivity index (χ2v) is 8.73. The molecule has 0 atom stereocenters. The number of hydrogen-bond donors (Lipinski definition) is 1. The molecule has 1 spiro atoms. The maximum Gasteiger partial charge on any atom is 0.261 e. The van der Waals surface area contributed by atoms with E-state index in [1.807, 2.05) is 36.4 Å². The van der Waals surface area contributed by atoms with Gasteiger partial charge in [0.25, 0.3) is 5.56 Å². The second-order valence-electron chi connectivity index (χ2n) is 8.73. The Labute approximate surface area is 177 Å². The number of hydrogen-bond acceptors (Lipinski definition) is 3. The zero-order valence-corrected chi connectivity index (χ0v) is 17.3. The third kappa shape index (κ3) is 3.10. The summed E-state index contributed by atoms with van der Waals surface area (Å²) in [4.78, 5) is 19.2. The van der Waals surface area contributed by atoms with Crippen molar-refractivity contribution in [2.45, 2.75) is 56.9 Å². The molecule has 0 aliphatic heterocycles. The summed E-state index contributed by atoms with van der Waals surface area (Å²) in [5, 5.41) is 9.44. The summed E-state index contributed by atoms with van der Waals surface area (Å²) in [5.41, 5.74) is 5.05. The van der Waals surface area contributed by atoms with Gasteiger partial charge in [-0.25, -0.2) is 4.98 Å². The predicted molar refractivity (Wildman–Crippen MR) is 120 cm³/mol. The molecule has 1 heterocycles. The van der Waals surface area contributed by atoms with Crippen molar-refractivity contribution in [1.82, 2.24) is 9.55 Å². The quantitative estimate of drug-likeness (QED) is 0.690. The second kappa shape index (κ2) is 7.84. The van der Waals surface area contributed by atoms with E-state index in [4.69, 9.17) is 4.98 Å². The molecule has 0 bridgehead atoms. The van der Waals surface area contributed by atoms with E-state index in [2.05, 4.69) is 18.2 Å². The molecule has 2 aliphatic rings. The standard InChI is InChI=1S/C26H28N2O2/c29-17-9-16-28-24(19-10-3-1-4-11-19)27-23-22(25(28)30)21-13-6-5-12-20(21)18-26(23)14-7-2-8-15-26/h1,3-6,10-13,29H,2,7-9,14-18H2. The third-order valence-corrected chi connectivity index (χ3v) is 6.87. The molecule has 30 heavy (non-hydrogen) atoms. The summed E-state index contributed by atoms with van der Waals surface area (Å²) in [6.07, 6.45) is 7.34. The molecule has 1 aromatic heterocycles. The van der Waals surface area contributed by atoms with Crippen LogP contribution in [0.25, 0.3) is 22.5 Å². The van der Waals surface area contributed by atoms with Crippen LogP contribution in [0.1, 0.15) is 49.8 Å². The van der Waals surface area contributed by atoms with Gasteiger partial charge in [-0.3, -0.25) is 9.36 Å². The van der Waals surface area contributed by atoms with Crippen LogP contribution >= 0.6 is 0 Å². The lowest BCUT2D eigenvalue weighted by Crippen LogP contribution is -2.40. The average molecular weight is 401 g/mol. The third-order valence-electron chi connectivity index (χ3n) is 6.87. The Balaban J connectivity index is 1.82. The van der Waals surface area contributed by atoms with E-state index in [-0.39, 0.29) is 17.6 Å². The van der Waals surface area contributed by atoms with Gasteiger partial charge in [-0.05, 0) is 36.8 Å². The smallest absolute Gasteiger partial charge is 0.261 e. The Kier molecular flexibility index (Phi) is 5.03. The Hall–Kier alpha value is -2.72. The average Bonchev–Trinajstić information content (AvgIpc) is 2.79. The molecule has 0 radical (unpaired) electrons. The highest BCUT2D eigenvalue weighted by Gasteiger charge is 2.43. The molecular weight excluding hydrogens is 372 g/mol. The first-order valence-electron chi connectivity index (χ1n) is 11.1. The molecule has 0 saturated heterocycles. The van der Waals surface area contributed by atoms with Gasteiger partial charge < -0.3 is 5.11 Å². The van der Waals surface area contributed by atoms with Crippen LogP contribution < -0.4 is 5.56 Å². The molecular formula is C26H28N2O2. The molecule has 1 N–H and O–H groups in total. The molecule has 154 valence electrons. The van der Waals surface area contributed by atoms with Crippen LogP contribution in [0, 0.1) is 0 Å². The molecule has 3 aromatic rings. The van der Waals surface area contributed by atoms with Crippen molar-refractivity contribution in [3.63, 3.8) is 0 Å². The Morgan fingerprint density at radius 1 is 0.967 bits per heavy atom. The summed E-state index contributed by atoms with van der Waals surface area (Å²) >= 11 is 0. The van der Waals surface area contributed by atoms with Crippen LogP contribution in [0.2, 0.25) is 0 Å². The number of benzene rings is 2. The lowest BCUT2D eigenvalue weighted by Gasteiger charge is -2.42. The Bertz CT molecular complexity index is 1110. The van der Waals surface area contributed by atoms with Crippen LogP contribution in [-0.2, 0) is 18.4 Å². The topological polar surface area (TPSA) is 55.1 Å². The van der Waals surface area contributed by atoms with Crippen molar-refractivity contribution >= 4 is 0 Å². The monoisotopic (exact) mass is 400 g/mol. The summed E-state index contributed by atoms with van der Waals surface area (Å²) in [6.45, 7) is 0.521. The number of nitrogens with zero attached hydrogens (tertiary/aromatic N) is 2. The van der Waals surface area contributed by atoms with E-state index in [0.29, 0.717) is 13.0 Å². The van der Waals surface area contributed by atoms with Crippen molar-refractivity contribution in [2.24, 2.45) is 0 Å². The molecule has 5 rings (SSSR count). The SMILES string of the molecule is O=c1c2c(nc(-c3ccccc3)n1CCCO)C1(CCCCC1)Cc1ccccc1-2. The fraction of sp³-hybridized carbons (Fsp3) is 0.385. The van der Waals surface area contributed by atoms with E-state index in [1.54, 1.807) is 4.57 Å². The van der Waals surface area contributed by atoms with Gasteiger partial charge in [0, 0.05) is 24.1 Å². The minimum Gasteiger partial charge on any atom is -0.396 e. The van der Waals surface area contributed by atoms with E-state index < -0.39 is 0 Å². The normalized spacial score (nSPS) is 16.8. The van der Waals surface area contributed by atoms with Gasteiger partial charge >= 0.3 is 0 Å². The van der Waals surface area contributed by atoms with Crippen molar-refractivity contribution in [3.05, 3.63) is 76.2 Å². The highest BCUT2D eigenvalue weighted by molar-refractivity contribution is 5.74. The Morgan fingerprint density at radius 2 is 1.70 bits per heavy atom. The number of aliphatic hydroxyl groups is 1. The summed E-state index contributed by atoms with van der Waals surface area (Å²) in [7, 11) is 0. The summed E-state index contributed by atoms with van der Waals surface area (Å²) in [6, 6.07) is 18.4. The molecule has 4 heteroatoms. The summed E-state index contributed by atoms with van der Waals surface area (Å²) in [5.74, 6) is 0.733. The van der Waals surface area contributed by atoms with E-state index >= 15 is 0 Å². The van der Waals surface area contributed by atoms with Crippen LogP contribution in [0.4, 0.5) is 0 Å². The Morgan fingerprint density at radius 3 is 2.47 bits per heavy atom. The van der Waals surface area contributed by atoms with Gasteiger partial charge in [-0.15, -0.1) is 0 Å². The van der Waals surface area contributed by atoms with E-state index in [0.717, 1.165) is 47.5 Å². The van der Waals surface area contributed by atoms with Crippen LogP contribution in [0.5, 0.6) is 0 Å². The number of rotatable bonds is 4. The molecule has 1 saturated carbocycles. The van der Waals surface area contributed by atoms with Gasteiger partial charge in [0.15, 0.2) is 0 Å². The van der Waals surface area contributed by atoms with Gasteiger partial charge in [0.1, 0.15) is 5.82 Å². The molecule has 2 aromatic carbocycles. The van der Waals surface area contributed by atoms with Gasteiger partial charge in [-0.1, -0.05) is 73.9 Å². The van der Waals surface area contributed by atoms with Gasteiger partial charge in [0.2, 0.25) is 0 Å². The zero-order valence-electron chi connectivity index (χ0n) is 17.3. The van der Waals surface area contributed by atoms with E-state index in [1.165, 1.54) is 24.8 Å². The molecule has 1 fully saturated rings. The van der Waals surface area contributed by atoms with Crippen molar-refractivity contribution in [2.75, 3.05) is 6.61 Å². The summed E-state index contributed by atoms with van der Waals surface area (Å²) < 4.78 is 1.78. The first kappa shape index (κ1) is 19.3. The number of aromatic nitrogens is 2. The van der Waals surface area contributed by atoms with Crippen molar-refractivity contribution in [1.29, 1.82) is 0 Å². The molecule has 0 unspecified atom stereocenters. The maximum atomic E-state index is 13.9. The van der Waals surface area contributed by atoms with Gasteiger partial charge in [-0.2, -0.15) is 0 Å². The van der Waals surface area contributed by atoms with Crippen LogP contribution in [0.3, 0.4) is 0 Å². The van der Waals surface area contributed by atoms with Crippen LogP contribution in [-0.4, -0.2) is 21.3 Å². The van der Waals surface area contributed by atoms with Crippen molar-refractivity contribution < 1.29 is 5.11 Å². The fourth-order valence-electron chi connectivity index (χ4n) is 5.43. The molecule has 2 aliphatic carbocycles. The number of fused-ring (bicyclic) bond motifs is 4. The predicted octanol–water partition coefficient (Wildman–Crippen LogP) is 4.72. The minimum absolute atomic E-state index is 0.0319. The van der Waals surface area contributed by atoms with Gasteiger partial charge in [0.05, 0.1) is 11.3 Å². The fourth-order valence-corrected chi connectivity index (χ4v) is 5.43. The van der Waals surface area contributed by atoms with Crippen LogP contribution in [0.15, 0.2) is 59.4 Å². The zero-order chi connectivity index (χ0) is 20.6. The lowest BCUT2D eigenvalue weighted by atomic mass is 9.63. The molecule has 4 nitrogen and oxygen atoms in total. The first-order chi connectivity index (χ1) is 14.7. The maximum absolute atomic E-state index is 13.9. The number of aliphatic hydroxyl groups excluding tert-OH is 1. The highest BCUT2D eigenvalue weighted by Crippen LogP contribution is 2.49. The lowest BCUT2D eigenvalue weighted by molar-refractivity contribution is 0.275. The first-order valence-corrected chi connectivity index (χ1v) is 11.1. The molecule has 0 amide bonds. The van der Waals surface area contributed by atoms with Crippen molar-refractivity contribution in [3.8, 4) is 22.5 Å². The van der Waals surface area contributed by atoms with E-state index in [9.17, 15) is 9.90 Å². The minimum atomic E-state index is -0.0410. The largest absolute Gasteiger partial charge is 0.396 e.